The summed E-state index contributed by atoms with van der Waals surface area (Å²) in [5.41, 5.74) is 0. The fourth-order valence-electron chi connectivity index (χ4n) is 2.62. The van der Waals surface area contributed by atoms with Gasteiger partial charge in [0, 0.05) is 25.7 Å². The van der Waals surface area contributed by atoms with Gasteiger partial charge in [0.15, 0.2) is 0 Å². The van der Waals surface area contributed by atoms with E-state index in [4.69, 9.17) is 0 Å². The molecule has 2 heteroatoms. The van der Waals surface area contributed by atoms with Gasteiger partial charge in [-0.2, -0.15) is 0 Å². The molecule has 2 saturated carbocycles. The van der Waals surface area contributed by atoms with Gasteiger partial charge in [0.05, 0.1) is 0 Å². The minimum Gasteiger partial charge on any atom is -0.318 e. The van der Waals surface area contributed by atoms with Gasteiger partial charge in [0.1, 0.15) is 0 Å². The van der Waals surface area contributed by atoms with Crippen LogP contribution in [-0.4, -0.2) is 37.6 Å². The number of likely N-dealkylation sites (N-methyl/N-ethyl adjacent to an activating group) is 1. The highest BCUT2D eigenvalue weighted by atomic mass is 15.2. The molecule has 16 heavy (non-hydrogen) atoms. The van der Waals surface area contributed by atoms with Gasteiger partial charge in [-0.25, -0.2) is 0 Å². The zero-order valence-corrected chi connectivity index (χ0v) is 11.0. The second-order valence-corrected chi connectivity index (χ2v) is 5.84. The van der Waals surface area contributed by atoms with E-state index in [1.807, 2.05) is 0 Å². The van der Waals surface area contributed by atoms with Crippen molar-refractivity contribution in [2.24, 2.45) is 11.8 Å². The van der Waals surface area contributed by atoms with Crippen LogP contribution in [0, 0.1) is 11.8 Å². The highest BCUT2D eigenvalue weighted by Gasteiger charge is 2.31. The van der Waals surface area contributed by atoms with Gasteiger partial charge in [0.2, 0.25) is 0 Å². The zero-order chi connectivity index (χ0) is 11.4. The molecule has 2 aliphatic carbocycles. The van der Waals surface area contributed by atoms with E-state index in [0.29, 0.717) is 0 Å². The van der Waals surface area contributed by atoms with E-state index in [2.05, 4.69) is 24.2 Å². The Morgan fingerprint density at radius 3 is 2.06 bits per heavy atom. The van der Waals surface area contributed by atoms with Crippen LogP contribution in [0.3, 0.4) is 0 Å². The Kier molecular flexibility index (Phi) is 4.66. The van der Waals surface area contributed by atoms with Gasteiger partial charge < -0.3 is 5.32 Å². The molecule has 0 aromatic heterocycles. The maximum Gasteiger partial charge on any atom is 0.0220 e. The van der Waals surface area contributed by atoms with Crippen molar-refractivity contribution in [3.8, 4) is 0 Å². The van der Waals surface area contributed by atoms with E-state index in [0.717, 1.165) is 17.9 Å². The molecule has 0 aliphatic heterocycles. The molecule has 0 aromatic rings. The van der Waals surface area contributed by atoms with Crippen LogP contribution in [0.25, 0.3) is 0 Å². The predicted molar refractivity (Wildman–Crippen MR) is 69.6 cm³/mol. The highest BCUT2D eigenvalue weighted by Crippen LogP contribution is 2.34. The first-order chi connectivity index (χ1) is 7.83. The fraction of sp³-hybridized carbons (Fsp3) is 1.00. The molecule has 2 aliphatic rings. The summed E-state index contributed by atoms with van der Waals surface area (Å²) in [5, 5.41) is 3.38. The third-order valence-electron chi connectivity index (χ3n) is 3.96. The molecule has 2 rings (SSSR count). The summed E-state index contributed by atoms with van der Waals surface area (Å²) in [6.07, 6.45) is 8.62. The number of nitrogens with zero attached hydrogens (tertiary/aromatic N) is 1. The van der Waals surface area contributed by atoms with Crippen LogP contribution in [-0.2, 0) is 0 Å². The third-order valence-corrected chi connectivity index (χ3v) is 3.96. The Balaban J connectivity index is 1.83. The smallest absolute Gasteiger partial charge is 0.0220 e. The van der Waals surface area contributed by atoms with E-state index in [-0.39, 0.29) is 0 Å². The molecule has 1 unspecified atom stereocenters. The van der Waals surface area contributed by atoms with Crippen LogP contribution in [0.1, 0.15) is 45.4 Å². The van der Waals surface area contributed by atoms with Crippen molar-refractivity contribution >= 4 is 0 Å². The van der Waals surface area contributed by atoms with Crippen LogP contribution >= 0.6 is 0 Å². The SMILES string of the molecule is CCCC(CNC)N(CC1CC1)CC1CC1. The molecule has 1 atom stereocenters. The van der Waals surface area contributed by atoms with Gasteiger partial charge in [-0.3, -0.25) is 4.90 Å². The largest absolute Gasteiger partial charge is 0.318 e. The van der Waals surface area contributed by atoms with E-state index in [1.54, 1.807) is 0 Å². The van der Waals surface area contributed by atoms with Gasteiger partial charge >= 0.3 is 0 Å². The average molecular weight is 224 g/mol. The van der Waals surface area contributed by atoms with Gasteiger partial charge in [-0.05, 0) is 51.0 Å². The summed E-state index contributed by atoms with van der Waals surface area (Å²) in [6, 6.07) is 0.788. The van der Waals surface area contributed by atoms with Crippen LogP contribution in [0.4, 0.5) is 0 Å². The first-order valence-electron chi connectivity index (χ1n) is 7.22. The monoisotopic (exact) mass is 224 g/mol. The van der Waals surface area contributed by atoms with Gasteiger partial charge in [0.25, 0.3) is 0 Å². The summed E-state index contributed by atoms with van der Waals surface area (Å²) in [7, 11) is 2.09. The van der Waals surface area contributed by atoms with Crippen molar-refractivity contribution in [1.29, 1.82) is 0 Å². The second-order valence-electron chi connectivity index (χ2n) is 5.84. The molecular weight excluding hydrogens is 196 g/mol. The van der Waals surface area contributed by atoms with Crippen molar-refractivity contribution in [2.45, 2.75) is 51.5 Å². The summed E-state index contributed by atoms with van der Waals surface area (Å²) in [6.45, 7) is 6.24. The molecule has 94 valence electrons. The van der Waals surface area contributed by atoms with E-state index < -0.39 is 0 Å². The lowest BCUT2D eigenvalue weighted by Crippen LogP contribution is -2.43. The standard InChI is InChI=1S/C14H28N2/c1-3-4-14(9-15-2)16(10-12-5-6-12)11-13-7-8-13/h12-15H,3-11H2,1-2H3. The Hall–Kier alpha value is -0.0800. The molecule has 1 N–H and O–H groups in total. The summed E-state index contributed by atoms with van der Waals surface area (Å²) >= 11 is 0. The molecule has 0 bridgehead atoms. The zero-order valence-electron chi connectivity index (χ0n) is 11.0. The first-order valence-corrected chi connectivity index (χ1v) is 7.22. The molecule has 0 radical (unpaired) electrons. The summed E-state index contributed by atoms with van der Waals surface area (Å²) < 4.78 is 0. The first kappa shape index (κ1) is 12.4. The molecule has 0 heterocycles. The number of hydrogen-bond donors (Lipinski definition) is 1. The molecule has 0 amide bonds. The molecule has 2 fully saturated rings. The summed E-state index contributed by atoms with van der Waals surface area (Å²) in [5.74, 6) is 2.07. The van der Waals surface area contributed by atoms with Crippen molar-refractivity contribution in [2.75, 3.05) is 26.7 Å². The Bertz CT molecular complexity index is 177. The molecule has 0 aromatic carbocycles. The third kappa shape index (κ3) is 4.06. The Morgan fingerprint density at radius 1 is 1.12 bits per heavy atom. The quantitative estimate of drug-likeness (QED) is 0.647. The normalized spacial score (nSPS) is 22.7. The lowest BCUT2D eigenvalue weighted by Gasteiger charge is -2.32. The van der Waals surface area contributed by atoms with E-state index >= 15 is 0 Å². The lowest BCUT2D eigenvalue weighted by atomic mass is 10.1. The van der Waals surface area contributed by atoms with E-state index in [9.17, 15) is 0 Å². The molecule has 2 nitrogen and oxygen atoms in total. The van der Waals surface area contributed by atoms with Crippen molar-refractivity contribution < 1.29 is 0 Å². The number of hydrogen-bond acceptors (Lipinski definition) is 2. The second kappa shape index (κ2) is 6.02. The number of nitrogens with one attached hydrogen (secondary N) is 1. The topological polar surface area (TPSA) is 15.3 Å². The maximum absolute atomic E-state index is 3.38. The average Bonchev–Trinajstić information content (AvgIpc) is 3.10. The van der Waals surface area contributed by atoms with Crippen LogP contribution in [0.5, 0.6) is 0 Å². The van der Waals surface area contributed by atoms with Gasteiger partial charge in [-0.1, -0.05) is 13.3 Å². The molecule has 0 spiro atoms. The fourth-order valence-corrected chi connectivity index (χ4v) is 2.62. The highest BCUT2D eigenvalue weighted by molar-refractivity contribution is 4.86. The number of rotatable bonds is 9. The molecule has 0 saturated heterocycles. The summed E-state index contributed by atoms with van der Waals surface area (Å²) in [4.78, 5) is 2.80. The molecular formula is C14H28N2. The minimum atomic E-state index is 0.788. The van der Waals surface area contributed by atoms with Gasteiger partial charge in [-0.15, -0.1) is 0 Å². The van der Waals surface area contributed by atoms with Crippen molar-refractivity contribution in [3.05, 3.63) is 0 Å². The lowest BCUT2D eigenvalue weighted by molar-refractivity contribution is 0.168. The van der Waals surface area contributed by atoms with E-state index in [1.165, 1.54) is 58.2 Å². The van der Waals surface area contributed by atoms with Crippen molar-refractivity contribution in [3.63, 3.8) is 0 Å². The Morgan fingerprint density at radius 2 is 1.69 bits per heavy atom. The van der Waals surface area contributed by atoms with Crippen LogP contribution < -0.4 is 5.32 Å². The Labute approximate surface area is 101 Å². The minimum absolute atomic E-state index is 0.788. The predicted octanol–water partition coefficient (Wildman–Crippen LogP) is 2.50. The van der Waals surface area contributed by atoms with Crippen molar-refractivity contribution in [1.82, 2.24) is 10.2 Å². The van der Waals surface area contributed by atoms with Crippen LogP contribution in [0.2, 0.25) is 0 Å². The van der Waals surface area contributed by atoms with Crippen LogP contribution in [0.15, 0.2) is 0 Å². The maximum atomic E-state index is 3.38.